The number of amides is 1. The number of carboxylic acid groups (broad SMARTS) is 1. The Morgan fingerprint density at radius 3 is 2.53 bits per heavy atom. The topological polar surface area (TPSA) is 74.7 Å². The largest absolute Gasteiger partial charge is 0.481 e. The maximum Gasteiger partial charge on any atom is 0.308 e. The van der Waals surface area contributed by atoms with Crippen molar-refractivity contribution in [1.82, 2.24) is 4.90 Å². The van der Waals surface area contributed by atoms with Crippen LogP contribution in [0.3, 0.4) is 0 Å². The van der Waals surface area contributed by atoms with E-state index < -0.39 is 5.97 Å². The van der Waals surface area contributed by atoms with Gasteiger partial charge in [0.15, 0.2) is 5.78 Å². The molecule has 1 heterocycles. The number of carboxylic acids is 1. The summed E-state index contributed by atoms with van der Waals surface area (Å²) in [7, 11) is 1.63. The van der Waals surface area contributed by atoms with E-state index in [4.69, 9.17) is 5.11 Å². The number of rotatable bonds is 6. The summed E-state index contributed by atoms with van der Waals surface area (Å²) in [5.74, 6) is -0.653. The van der Waals surface area contributed by atoms with Crippen LogP contribution in [0, 0.1) is 5.92 Å². The quantitative estimate of drug-likeness (QED) is 0.795. The molecule has 2 aliphatic rings. The van der Waals surface area contributed by atoms with E-state index in [1.807, 2.05) is 6.92 Å². The molecule has 1 saturated carbocycles. The zero-order valence-corrected chi connectivity index (χ0v) is 11.8. The molecule has 0 aromatic heterocycles. The lowest BCUT2D eigenvalue weighted by atomic mass is 10.0. The van der Waals surface area contributed by atoms with E-state index in [0.717, 1.165) is 18.6 Å². The monoisotopic (exact) mass is 283 g/mol. The van der Waals surface area contributed by atoms with Crippen LogP contribution in [-0.4, -0.2) is 45.8 Å². The number of ketones is 1. The minimum absolute atomic E-state index is 0.00180. The number of likely N-dealkylation sites (N-methyl/N-ethyl adjacent to an activating group) is 1. The number of carbonyl (C=O) groups excluding carboxylic acids is 2. The van der Waals surface area contributed by atoms with Crippen molar-refractivity contribution in [2.75, 3.05) is 12.8 Å². The molecule has 1 aliphatic heterocycles. The average molecular weight is 283 g/mol. The van der Waals surface area contributed by atoms with Crippen molar-refractivity contribution in [2.24, 2.45) is 5.92 Å². The first-order valence-electron chi connectivity index (χ1n) is 6.35. The van der Waals surface area contributed by atoms with Crippen LogP contribution < -0.4 is 0 Å². The maximum absolute atomic E-state index is 12.3. The van der Waals surface area contributed by atoms with Crippen molar-refractivity contribution in [1.29, 1.82) is 0 Å². The Hall–Kier alpha value is -1.30. The third-order valence-corrected chi connectivity index (χ3v) is 4.57. The predicted molar refractivity (Wildman–Crippen MR) is 71.7 cm³/mol. The van der Waals surface area contributed by atoms with Crippen molar-refractivity contribution in [2.45, 2.75) is 31.6 Å². The first kappa shape index (κ1) is 14.1. The highest BCUT2D eigenvalue weighted by Gasteiger charge is 2.44. The van der Waals surface area contributed by atoms with Gasteiger partial charge in [0.25, 0.3) is 5.91 Å². The average Bonchev–Trinajstić information content (AvgIpc) is 3.15. The van der Waals surface area contributed by atoms with Gasteiger partial charge in [-0.2, -0.15) is 0 Å². The molecule has 0 unspecified atom stereocenters. The lowest BCUT2D eigenvalue weighted by Gasteiger charge is -2.21. The van der Waals surface area contributed by atoms with Gasteiger partial charge < -0.3 is 10.0 Å². The van der Waals surface area contributed by atoms with Crippen molar-refractivity contribution >= 4 is 29.4 Å². The number of hydrogen-bond acceptors (Lipinski definition) is 4. The summed E-state index contributed by atoms with van der Waals surface area (Å²) >= 11 is 1.50. The van der Waals surface area contributed by atoms with E-state index in [-0.39, 0.29) is 35.0 Å². The minimum atomic E-state index is -1.07. The number of hydrogen-bond donors (Lipinski definition) is 1. The first-order chi connectivity index (χ1) is 8.97. The molecular weight excluding hydrogens is 266 g/mol. The fourth-order valence-electron chi connectivity index (χ4n) is 2.29. The molecule has 5 nitrogen and oxygen atoms in total. The van der Waals surface area contributed by atoms with Gasteiger partial charge in [0.1, 0.15) is 5.37 Å². The molecule has 0 aromatic carbocycles. The molecule has 0 saturated heterocycles. The van der Waals surface area contributed by atoms with Gasteiger partial charge in [0, 0.05) is 24.1 Å². The smallest absolute Gasteiger partial charge is 0.308 e. The summed E-state index contributed by atoms with van der Waals surface area (Å²) in [5, 5.41) is 8.61. The molecule has 1 atom stereocenters. The molecule has 0 spiro atoms. The van der Waals surface area contributed by atoms with Crippen molar-refractivity contribution in [3.05, 3.63) is 11.1 Å². The second-order valence-electron chi connectivity index (χ2n) is 4.83. The van der Waals surface area contributed by atoms with Gasteiger partial charge in [-0.15, -0.1) is 11.8 Å². The molecule has 1 N–H and O–H groups in total. The Bertz CT molecular complexity index is 467. The van der Waals surface area contributed by atoms with Gasteiger partial charge in [-0.1, -0.05) is 6.92 Å². The van der Waals surface area contributed by atoms with E-state index in [0.29, 0.717) is 5.57 Å². The summed E-state index contributed by atoms with van der Waals surface area (Å²) in [6.07, 6.45) is 1.34. The standard InChI is InChI=1S/C13H17NO4S/c1-3-19-13-10(11(17)7-4-5-7)8(6-9(15)16)12(18)14(13)2/h7,13H,3-6H2,1-2H3,(H,15,16)/t13-/m1/s1. The Morgan fingerprint density at radius 1 is 1.42 bits per heavy atom. The SMILES string of the molecule is CCS[C@@H]1C(C(=O)C2CC2)=C(CC(=O)O)C(=O)N1C. The maximum atomic E-state index is 12.3. The van der Waals surface area contributed by atoms with Crippen LogP contribution in [0.15, 0.2) is 11.1 Å². The number of thioether (sulfide) groups is 1. The van der Waals surface area contributed by atoms with Gasteiger partial charge in [-0.25, -0.2) is 0 Å². The second-order valence-corrected chi connectivity index (χ2v) is 6.18. The van der Waals surface area contributed by atoms with E-state index >= 15 is 0 Å². The second kappa shape index (κ2) is 5.36. The summed E-state index contributed by atoms with van der Waals surface area (Å²) in [4.78, 5) is 36.8. The summed E-state index contributed by atoms with van der Waals surface area (Å²) in [5.41, 5.74) is 0.613. The molecule has 1 amide bonds. The highest BCUT2D eigenvalue weighted by molar-refractivity contribution is 8.00. The minimum Gasteiger partial charge on any atom is -0.481 e. The molecule has 1 fully saturated rings. The Morgan fingerprint density at radius 2 is 2.05 bits per heavy atom. The summed E-state index contributed by atoms with van der Waals surface area (Å²) in [6, 6.07) is 0. The third kappa shape index (κ3) is 2.68. The molecule has 1 aliphatic carbocycles. The Balaban J connectivity index is 2.38. The molecule has 19 heavy (non-hydrogen) atoms. The molecular formula is C13H17NO4S. The predicted octanol–water partition coefficient (Wildman–Crippen LogP) is 1.29. The van der Waals surface area contributed by atoms with Gasteiger partial charge in [0.05, 0.1) is 6.42 Å². The molecule has 104 valence electrons. The molecule has 0 bridgehead atoms. The van der Waals surface area contributed by atoms with Crippen molar-refractivity contribution < 1.29 is 19.5 Å². The fraction of sp³-hybridized carbons (Fsp3) is 0.615. The summed E-state index contributed by atoms with van der Waals surface area (Å²) < 4.78 is 0. The van der Waals surface area contributed by atoms with Crippen LogP contribution >= 0.6 is 11.8 Å². The molecule has 0 radical (unpaired) electrons. The van der Waals surface area contributed by atoms with Gasteiger partial charge in [0.2, 0.25) is 0 Å². The summed E-state index contributed by atoms with van der Waals surface area (Å²) in [6.45, 7) is 1.96. The number of Topliss-reactive ketones (excluding diaryl/α,β-unsaturated/α-hetero) is 1. The van der Waals surface area contributed by atoms with Crippen LogP contribution in [0.4, 0.5) is 0 Å². The third-order valence-electron chi connectivity index (χ3n) is 3.37. The van der Waals surface area contributed by atoms with Gasteiger partial charge in [-0.05, 0) is 18.6 Å². The van der Waals surface area contributed by atoms with Crippen LogP contribution in [0.5, 0.6) is 0 Å². The lowest BCUT2D eigenvalue weighted by molar-refractivity contribution is -0.137. The van der Waals surface area contributed by atoms with Gasteiger partial charge in [-0.3, -0.25) is 14.4 Å². The van der Waals surface area contributed by atoms with Crippen LogP contribution in [-0.2, 0) is 14.4 Å². The first-order valence-corrected chi connectivity index (χ1v) is 7.40. The molecule has 2 rings (SSSR count). The van der Waals surface area contributed by atoms with E-state index in [9.17, 15) is 14.4 Å². The molecule has 6 heteroatoms. The normalized spacial score (nSPS) is 23.2. The van der Waals surface area contributed by atoms with Crippen molar-refractivity contribution in [3.8, 4) is 0 Å². The Kier molecular flexibility index (Phi) is 3.99. The van der Waals surface area contributed by atoms with Gasteiger partial charge >= 0.3 is 5.97 Å². The van der Waals surface area contributed by atoms with Crippen LogP contribution in [0.25, 0.3) is 0 Å². The van der Waals surface area contributed by atoms with E-state index in [1.54, 1.807) is 7.05 Å². The number of carbonyl (C=O) groups is 3. The van der Waals surface area contributed by atoms with Crippen LogP contribution in [0.2, 0.25) is 0 Å². The zero-order valence-electron chi connectivity index (χ0n) is 11.0. The fourth-order valence-corrected chi connectivity index (χ4v) is 3.35. The Labute approximate surface area is 116 Å². The lowest BCUT2D eigenvalue weighted by Crippen LogP contribution is -2.31. The van der Waals surface area contributed by atoms with Crippen LogP contribution in [0.1, 0.15) is 26.2 Å². The number of nitrogens with zero attached hydrogens (tertiary/aromatic N) is 1. The van der Waals surface area contributed by atoms with E-state index in [2.05, 4.69) is 0 Å². The van der Waals surface area contributed by atoms with E-state index in [1.165, 1.54) is 16.7 Å². The highest BCUT2D eigenvalue weighted by Crippen LogP contribution is 2.41. The number of aliphatic carboxylic acids is 1. The van der Waals surface area contributed by atoms with Crippen molar-refractivity contribution in [3.63, 3.8) is 0 Å². The zero-order chi connectivity index (χ0) is 14.2. The highest BCUT2D eigenvalue weighted by atomic mass is 32.2. The molecule has 0 aromatic rings.